The predicted molar refractivity (Wildman–Crippen MR) is 78.9 cm³/mol. The molecule has 1 amide bonds. The maximum absolute atomic E-state index is 12.8. The Morgan fingerprint density at radius 2 is 2.10 bits per heavy atom. The first-order valence-electron chi connectivity index (χ1n) is 6.75. The van der Waals surface area contributed by atoms with Crippen LogP contribution in [0.2, 0.25) is 0 Å². The van der Waals surface area contributed by atoms with Gasteiger partial charge in [0.05, 0.1) is 0 Å². The summed E-state index contributed by atoms with van der Waals surface area (Å²) in [6.45, 7) is 6.11. The molecule has 1 atom stereocenters. The molecule has 0 aliphatic carbocycles. The van der Waals surface area contributed by atoms with Crippen LogP contribution < -0.4 is 10.6 Å². The lowest BCUT2D eigenvalue weighted by molar-refractivity contribution is -0.124. The third-order valence-corrected chi connectivity index (χ3v) is 3.87. The second-order valence-electron chi connectivity index (χ2n) is 5.96. The van der Waals surface area contributed by atoms with E-state index >= 15 is 0 Å². The van der Waals surface area contributed by atoms with Crippen molar-refractivity contribution in [2.24, 2.45) is 22.2 Å². The summed E-state index contributed by atoms with van der Waals surface area (Å²) in [6.07, 6.45) is 0.962. The second-order valence-corrected chi connectivity index (χ2v) is 5.96. The minimum Gasteiger partial charge on any atom is -0.409 e. The number of rotatable bonds is 2. The number of amidine groups is 1. The number of anilines is 1. The Morgan fingerprint density at radius 3 is 2.75 bits per heavy atom. The minimum absolute atomic E-state index is 0.0711. The number of nitrogens with two attached hydrogens (primary N) is 1. The molecule has 1 aliphatic rings. The van der Waals surface area contributed by atoms with Gasteiger partial charge >= 0.3 is 0 Å². The molecular weight excluding hydrogens is 254 g/mol. The van der Waals surface area contributed by atoms with Crippen molar-refractivity contribution in [2.45, 2.75) is 27.2 Å². The summed E-state index contributed by atoms with van der Waals surface area (Å²) in [4.78, 5) is 14.5. The number of nitrogens with zero attached hydrogens (tertiary/aromatic N) is 2. The molecule has 0 fully saturated rings. The molecule has 5 nitrogen and oxygen atoms in total. The monoisotopic (exact) mass is 275 g/mol. The van der Waals surface area contributed by atoms with Crippen molar-refractivity contribution in [1.82, 2.24) is 0 Å². The lowest BCUT2D eigenvalue weighted by Crippen LogP contribution is -2.51. The lowest BCUT2D eigenvalue weighted by Gasteiger charge is -2.37. The second kappa shape index (κ2) is 5.15. The molecule has 0 aromatic heterocycles. The van der Waals surface area contributed by atoms with E-state index in [4.69, 9.17) is 10.9 Å². The molecule has 1 heterocycles. The summed E-state index contributed by atoms with van der Waals surface area (Å²) >= 11 is 0. The zero-order valence-electron chi connectivity index (χ0n) is 12.1. The number of benzene rings is 1. The Bertz CT molecular complexity index is 552. The number of amides is 1. The van der Waals surface area contributed by atoms with E-state index in [0.717, 1.165) is 17.7 Å². The fourth-order valence-corrected chi connectivity index (χ4v) is 2.56. The van der Waals surface area contributed by atoms with Crippen LogP contribution in [-0.4, -0.2) is 23.5 Å². The molecule has 5 heteroatoms. The molecule has 1 aromatic carbocycles. The van der Waals surface area contributed by atoms with Crippen LogP contribution in [0.1, 0.15) is 26.3 Å². The molecule has 0 bridgehead atoms. The van der Waals surface area contributed by atoms with Crippen LogP contribution in [-0.2, 0) is 11.2 Å². The smallest absolute Gasteiger partial charge is 0.240 e. The molecule has 1 aromatic rings. The Balaban J connectivity index is 2.41. The maximum Gasteiger partial charge on any atom is 0.240 e. The van der Waals surface area contributed by atoms with E-state index in [9.17, 15) is 4.79 Å². The SMILES string of the molecule is CC1Cc2ccccc2N(C(=O)C(C)(C)C(N)=NO)C1. The van der Waals surface area contributed by atoms with Gasteiger partial charge in [0, 0.05) is 12.2 Å². The molecule has 2 rings (SSSR count). The van der Waals surface area contributed by atoms with Crippen LogP contribution in [0.15, 0.2) is 29.4 Å². The van der Waals surface area contributed by atoms with Crippen LogP contribution in [0, 0.1) is 11.3 Å². The number of hydrogen-bond donors (Lipinski definition) is 2. The van der Waals surface area contributed by atoms with Gasteiger partial charge in [0.2, 0.25) is 5.91 Å². The van der Waals surface area contributed by atoms with E-state index in [1.165, 1.54) is 0 Å². The van der Waals surface area contributed by atoms with E-state index in [0.29, 0.717) is 12.5 Å². The topological polar surface area (TPSA) is 78.9 Å². The van der Waals surface area contributed by atoms with E-state index in [2.05, 4.69) is 12.1 Å². The predicted octanol–water partition coefficient (Wildman–Crippen LogP) is 1.98. The van der Waals surface area contributed by atoms with Gasteiger partial charge in [0.15, 0.2) is 5.84 Å². The van der Waals surface area contributed by atoms with Crippen LogP contribution in [0.5, 0.6) is 0 Å². The average Bonchev–Trinajstić information content (AvgIpc) is 2.44. The van der Waals surface area contributed by atoms with E-state index in [-0.39, 0.29) is 11.7 Å². The van der Waals surface area contributed by atoms with E-state index in [1.807, 2.05) is 24.3 Å². The number of carbonyl (C=O) groups excluding carboxylic acids is 1. The van der Waals surface area contributed by atoms with Gasteiger partial charge in [-0.25, -0.2) is 0 Å². The van der Waals surface area contributed by atoms with Crippen LogP contribution in [0.4, 0.5) is 5.69 Å². The summed E-state index contributed by atoms with van der Waals surface area (Å²) in [6, 6.07) is 7.89. The van der Waals surface area contributed by atoms with Gasteiger partial charge in [0.1, 0.15) is 5.41 Å². The molecule has 0 saturated carbocycles. The summed E-state index contributed by atoms with van der Waals surface area (Å²) in [5.74, 6) is 0.168. The van der Waals surface area contributed by atoms with Gasteiger partial charge in [-0.3, -0.25) is 4.79 Å². The van der Waals surface area contributed by atoms with Crippen molar-refractivity contribution in [3.05, 3.63) is 29.8 Å². The van der Waals surface area contributed by atoms with Crippen molar-refractivity contribution in [1.29, 1.82) is 0 Å². The maximum atomic E-state index is 12.8. The third-order valence-electron chi connectivity index (χ3n) is 3.87. The van der Waals surface area contributed by atoms with Crippen molar-refractivity contribution in [2.75, 3.05) is 11.4 Å². The third kappa shape index (κ3) is 2.35. The zero-order valence-corrected chi connectivity index (χ0v) is 12.1. The summed E-state index contributed by atoms with van der Waals surface area (Å²) in [7, 11) is 0. The van der Waals surface area contributed by atoms with Crippen LogP contribution in [0.3, 0.4) is 0 Å². The highest BCUT2D eigenvalue weighted by Crippen LogP contribution is 2.33. The first-order valence-corrected chi connectivity index (χ1v) is 6.75. The van der Waals surface area contributed by atoms with Crippen molar-refractivity contribution in [3.63, 3.8) is 0 Å². The normalized spacial score (nSPS) is 19.6. The van der Waals surface area contributed by atoms with E-state index < -0.39 is 5.41 Å². The fraction of sp³-hybridized carbons (Fsp3) is 0.467. The number of para-hydroxylation sites is 1. The Labute approximate surface area is 119 Å². The zero-order chi connectivity index (χ0) is 14.9. The van der Waals surface area contributed by atoms with Crippen molar-refractivity contribution in [3.8, 4) is 0 Å². The Hall–Kier alpha value is -2.04. The summed E-state index contributed by atoms with van der Waals surface area (Å²) in [5, 5.41) is 11.9. The number of carbonyl (C=O) groups is 1. The number of hydrogen-bond acceptors (Lipinski definition) is 3. The quantitative estimate of drug-likeness (QED) is 0.375. The molecule has 1 aliphatic heterocycles. The van der Waals surface area contributed by atoms with Gasteiger partial charge in [-0.05, 0) is 37.8 Å². The van der Waals surface area contributed by atoms with Gasteiger partial charge < -0.3 is 15.8 Å². The average molecular weight is 275 g/mol. The summed E-state index contributed by atoms with van der Waals surface area (Å²) in [5.41, 5.74) is 6.72. The van der Waals surface area contributed by atoms with Gasteiger partial charge in [-0.15, -0.1) is 0 Å². The first kappa shape index (κ1) is 14.4. The fourth-order valence-electron chi connectivity index (χ4n) is 2.56. The molecular formula is C15H21N3O2. The molecule has 3 N–H and O–H groups in total. The van der Waals surface area contributed by atoms with Gasteiger partial charge in [0.25, 0.3) is 0 Å². The van der Waals surface area contributed by atoms with Gasteiger partial charge in [-0.1, -0.05) is 30.3 Å². The Kier molecular flexibility index (Phi) is 3.70. The molecule has 20 heavy (non-hydrogen) atoms. The first-order chi connectivity index (χ1) is 9.37. The largest absolute Gasteiger partial charge is 0.409 e. The number of oxime groups is 1. The number of fused-ring (bicyclic) bond motifs is 1. The standard InChI is InChI=1S/C15H21N3O2/c1-10-8-11-6-4-5-7-12(11)18(9-10)14(19)15(2,3)13(16)17-20/h4-7,10,20H,8-9H2,1-3H3,(H2,16,17). The highest BCUT2D eigenvalue weighted by molar-refractivity contribution is 6.12. The molecule has 0 saturated heterocycles. The minimum atomic E-state index is -1.03. The van der Waals surface area contributed by atoms with Crippen LogP contribution in [0.25, 0.3) is 0 Å². The Morgan fingerprint density at radius 1 is 1.45 bits per heavy atom. The van der Waals surface area contributed by atoms with Crippen molar-refractivity contribution < 1.29 is 10.0 Å². The molecule has 0 spiro atoms. The van der Waals surface area contributed by atoms with Crippen LogP contribution >= 0.6 is 0 Å². The molecule has 1 unspecified atom stereocenters. The molecule has 108 valence electrons. The summed E-state index contributed by atoms with van der Waals surface area (Å²) < 4.78 is 0. The van der Waals surface area contributed by atoms with Crippen molar-refractivity contribution >= 4 is 17.4 Å². The van der Waals surface area contributed by atoms with E-state index in [1.54, 1.807) is 18.7 Å². The highest BCUT2D eigenvalue weighted by atomic mass is 16.4. The lowest BCUT2D eigenvalue weighted by atomic mass is 9.87. The van der Waals surface area contributed by atoms with Gasteiger partial charge in [-0.2, -0.15) is 0 Å². The highest BCUT2D eigenvalue weighted by Gasteiger charge is 2.39. The molecule has 0 radical (unpaired) electrons.